The maximum Gasteiger partial charge on any atom is 0.234 e. The molecule has 1 N–H and O–H groups in total. The van der Waals surface area contributed by atoms with E-state index in [9.17, 15) is 14.0 Å². The summed E-state index contributed by atoms with van der Waals surface area (Å²) in [5.41, 5.74) is -0.223. The van der Waals surface area contributed by atoms with Crippen molar-refractivity contribution >= 4 is 11.8 Å². The number of hydrogen-bond donors (Lipinski definition) is 1. The van der Waals surface area contributed by atoms with E-state index in [0.717, 1.165) is 19.3 Å². The number of amides is 2. The minimum Gasteiger partial charge on any atom is -0.296 e. The Bertz CT molecular complexity index is 611. The number of hydrogen-bond acceptors (Lipinski definition) is 2. The third-order valence-corrected chi connectivity index (χ3v) is 5.54. The van der Waals surface area contributed by atoms with Gasteiger partial charge in [-0.3, -0.25) is 14.9 Å². The summed E-state index contributed by atoms with van der Waals surface area (Å²) in [5, 5.41) is 2.40. The first-order chi connectivity index (χ1) is 9.87. The number of benzene rings is 1. The van der Waals surface area contributed by atoms with Crippen LogP contribution in [0.5, 0.6) is 0 Å². The van der Waals surface area contributed by atoms with E-state index in [2.05, 4.69) is 19.2 Å². The Morgan fingerprint density at radius 2 is 1.90 bits per heavy atom. The molecule has 1 aliphatic heterocycles. The van der Waals surface area contributed by atoms with Crippen LogP contribution in [-0.4, -0.2) is 11.8 Å². The fraction of sp³-hybridized carbons (Fsp3) is 0.529. The van der Waals surface area contributed by atoms with Crippen LogP contribution in [0, 0.1) is 16.6 Å². The van der Waals surface area contributed by atoms with E-state index in [0.29, 0.717) is 12.0 Å². The molecule has 3 rings (SSSR count). The van der Waals surface area contributed by atoms with Crippen LogP contribution in [-0.2, 0) is 9.59 Å². The first-order valence-corrected chi connectivity index (χ1v) is 7.45. The molecule has 2 aliphatic rings. The minimum atomic E-state index is -0.589. The van der Waals surface area contributed by atoms with Gasteiger partial charge in [0.2, 0.25) is 11.8 Å². The predicted octanol–water partition coefficient (Wildman–Crippen LogP) is 3.15. The summed E-state index contributed by atoms with van der Waals surface area (Å²) >= 11 is 0. The van der Waals surface area contributed by atoms with E-state index < -0.39 is 11.3 Å². The number of carbonyl (C=O) groups is 2. The van der Waals surface area contributed by atoms with E-state index >= 15 is 0 Å². The molecule has 2 atom stereocenters. The van der Waals surface area contributed by atoms with Crippen molar-refractivity contribution in [2.24, 2.45) is 10.8 Å². The molecule has 0 radical (unpaired) electrons. The molecule has 0 aromatic heterocycles. The van der Waals surface area contributed by atoms with Crippen LogP contribution in [0.15, 0.2) is 24.3 Å². The molecule has 2 amide bonds. The summed E-state index contributed by atoms with van der Waals surface area (Å²) in [6.45, 7) is 4.19. The van der Waals surface area contributed by atoms with Gasteiger partial charge in [-0.05, 0) is 29.7 Å². The Morgan fingerprint density at radius 3 is 2.52 bits per heavy atom. The average molecular weight is 289 g/mol. The van der Waals surface area contributed by atoms with Gasteiger partial charge in [0.15, 0.2) is 0 Å². The van der Waals surface area contributed by atoms with Crippen molar-refractivity contribution in [3.63, 3.8) is 0 Å². The molecule has 1 aromatic carbocycles. The number of halogens is 1. The van der Waals surface area contributed by atoms with Gasteiger partial charge in [0.1, 0.15) is 5.82 Å². The summed E-state index contributed by atoms with van der Waals surface area (Å²) in [5.74, 6) is -1.54. The fourth-order valence-electron chi connectivity index (χ4n) is 4.34. The zero-order chi connectivity index (χ0) is 15.3. The molecule has 2 fully saturated rings. The van der Waals surface area contributed by atoms with Gasteiger partial charge in [0, 0.05) is 12.0 Å². The third kappa shape index (κ3) is 2.00. The van der Waals surface area contributed by atoms with E-state index in [1.807, 2.05) is 0 Å². The summed E-state index contributed by atoms with van der Waals surface area (Å²) in [6, 6.07) is 6.43. The van der Waals surface area contributed by atoms with E-state index in [1.165, 1.54) is 6.07 Å². The first-order valence-electron chi connectivity index (χ1n) is 7.45. The minimum absolute atomic E-state index is 0.159. The lowest BCUT2D eigenvalue weighted by atomic mass is 9.56. The number of rotatable bonds is 1. The Labute approximate surface area is 123 Å². The molecule has 1 aliphatic carbocycles. The molecule has 3 nitrogen and oxygen atoms in total. The van der Waals surface area contributed by atoms with Crippen LogP contribution < -0.4 is 5.32 Å². The van der Waals surface area contributed by atoms with Crippen LogP contribution in [0.25, 0.3) is 0 Å². The van der Waals surface area contributed by atoms with Crippen LogP contribution >= 0.6 is 0 Å². The largest absolute Gasteiger partial charge is 0.296 e. The molecule has 1 saturated carbocycles. The van der Waals surface area contributed by atoms with Gasteiger partial charge in [0.25, 0.3) is 0 Å². The third-order valence-electron chi connectivity index (χ3n) is 5.54. The van der Waals surface area contributed by atoms with E-state index in [-0.39, 0.29) is 23.0 Å². The summed E-state index contributed by atoms with van der Waals surface area (Å²) in [7, 11) is 0. The van der Waals surface area contributed by atoms with Gasteiger partial charge in [-0.15, -0.1) is 0 Å². The van der Waals surface area contributed by atoms with E-state index in [1.54, 1.807) is 18.2 Å². The van der Waals surface area contributed by atoms with Gasteiger partial charge in [-0.2, -0.15) is 0 Å². The number of imide groups is 1. The molecule has 4 heteroatoms. The number of carbonyl (C=O) groups excluding carboxylic acids is 2. The highest BCUT2D eigenvalue weighted by Gasteiger charge is 2.59. The molecule has 1 heterocycles. The summed E-state index contributed by atoms with van der Waals surface area (Å²) < 4.78 is 14.3. The van der Waals surface area contributed by atoms with Crippen LogP contribution in [0.3, 0.4) is 0 Å². The summed E-state index contributed by atoms with van der Waals surface area (Å²) in [6.07, 6.45) is 3.01. The van der Waals surface area contributed by atoms with Crippen molar-refractivity contribution in [1.82, 2.24) is 5.32 Å². The van der Waals surface area contributed by atoms with Crippen molar-refractivity contribution < 1.29 is 14.0 Å². The van der Waals surface area contributed by atoms with Crippen molar-refractivity contribution in [3.05, 3.63) is 35.6 Å². The zero-order valence-electron chi connectivity index (χ0n) is 12.4. The number of nitrogens with one attached hydrogen (secondary N) is 1. The first kappa shape index (κ1) is 14.2. The molecular weight excluding hydrogens is 269 g/mol. The normalized spacial score (nSPS) is 31.5. The second-order valence-corrected chi connectivity index (χ2v) is 6.94. The highest BCUT2D eigenvalue weighted by molar-refractivity contribution is 6.02. The smallest absolute Gasteiger partial charge is 0.234 e. The molecular formula is C17H20FNO2. The second-order valence-electron chi connectivity index (χ2n) is 6.94. The predicted molar refractivity (Wildman–Crippen MR) is 77.0 cm³/mol. The van der Waals surface area contributed by atoms with Crippen molar-refractivity contribution in [3.8, 4) is 0 Å². The molecule has 2 unspecified atom stereocenters. The van der Waals surface area contributed by atoms with Crippen molar-refractivity contribution in [2.75, 3.05) is 0 Å². The van der Waals surface area contributed by atoms with Crippen molar-refractivity contribution in [2.45, 2.75) is 45.4 Å². The lowest BCUT2D eigenvalue weighted by molar-refractivity contribution is -0.144. The fourth-order valence-corrected chi connectivity index (χ4v) is 4.34. The van der Waals surface area contributed by atoms with Crippen LogP contribution in [0.2, 0.25) is 0 Å². The zero-order valence-corrected chi connectivity index (χ0v) is 12.4. The maximum absolute atomic E-state index is 14.3. The average Bonchev–Trinajstić information content (AvgIpc) is 2.66. The lowest BCUT2D eigenvalue weighted by Gasteiger charge is -2.48. The Hall–Kier alpha value is -1.71. The van der Waals surface area contributed by atoms with Crippen LogP contribution in [0.4, 0.5) is 4.39 Å². The van der Waals surface area contributed by atoms with Gasteiger partial charge in [0.05, 0.1) is 5.92 Å². The molecule has 0 bridgehead atoms. The standard InChI is InChI=1S/C17H20FNO2/c1-16(2)8-5-9-17(16)10-13(20)19-15(21)14(17)11-6-3-4-7-12(11)18/h3-4,6-7,14H,5,8-10H2,1-2H3,(H,19,20,21). The highest BCUT2D eigenvalue weighted by atomic mass is 19.1. The maximum atomic E-state index is 14.3. The molecule has 112 valence electrons. The molecule has 21 heavy (non-hydrogen) atoms. The number of piperidine rings is 1. The molecule has 1 aromatic rings. The Morgan fingerprint density at radius 1 is 1.19 bits per heavy atom. The SMILES string of the molecule is CC1(C)CCCC12CC(=O)NC(=O)C2c1ccccc1F. The second kappa shape index (κ2) is 4.65. The van der Waals surface area contributed by atoms with Gasteiger partial charge < -0.3 is 0 Å². The Balaban J connectivity index is 2.17. The topological polar surface area (TPSA) is 46.2 Å². The van der Waals surface area contributed by atoms with Crippen LogP contribution in [0.1, 0.15) is 51.0 Å². The monoisotopic (exact) mass is 289 g/mol. The molecule has 1 spiro atoms. The summed E-state index contributed by atoms with van der Waals surface area (Å²) in [4.78, 5) is 24.5. The Kier molecular flexibility index (Phi) is 3.15. The van der Waals surface area contributed by atoms with Crippen molar-refractivity contribution in [1.29, 1.82) is 0 Å². The molecule has 1 saturated heterocycles. The van der Waals surface area contributed by atoms with E-state index in [4.69, 9.17) is 0 Å². The van der Waals surface area contributed by atoms with Gasteiger partial charge in [-0.25, -0.2) is 4.39 Å². The lowest BCUT2D eigenvalue weighted by Crippen LogP contribution is -2.54. The quantitative estimate of drug-likeness (QED) is 0.807. The highest BCUT2D eigenvalue weighted by Crippen LogP contribution is 2.62. The van der Waals surface area contributed by atoms with Gasteiger partial charge in [-0.1, -0.05) is 38.5 Å². The van der Waals surface area contributed by atoms with Gasteiger partial charge >= 0.3 is 0 Å².